The highest BCUT2D eigenvalue weighted by Gasteiger charge is 2.36. The number of nitrogens with one attached hydrogen (secondary N) is 2. The molecule has 1 heterocycles. The average Bonchev–Trinajstić information content (AvgIpc) is 2.71. The molecule has 0 radical (unpaired) electrons. The summed E-state index contributed by atoms with van der Waals surface area (Å²) in [6.45, 7) is 10.0. The van der Waals surface area contributed by atoms with E-state index >= 15 is 0 Å². The van der Waals surface area contributed by atoms with Gasteiger partial charge in [-0.15, -0.1) is 0 Å². The second-order valence-corrected chi connectivity index (χ2v) is 8.12. The smallest absolute Gasteiger partial charge is 0.338 e. The Bertz CT molecular complexity index is 832. The zero-order chi connectivity index (χ0) is 23.0. The Kier molecular flexibility index (Phi) is 9.09. The van der Waals surface area contributed by atoms with Crippen molar-refractivity contribution in [3.05, 3.63) is 41.1 Å². The monoisotopic (exact) mass is 429 g/mol. The number of urea groups is 1. The standard InChI is InChI=1S/C24H35N3O4/c1-6-8-13-20(28)25-19-12-10-11-18(15-19)22-21(23(29)31-16(3)4)17(5)27(14-9-7-2)24(30)26-22/h10-12,15-16,22H,6-9,13-14H2,1-5H3,(H,25,28)(H,26,30)/t22-/m0/s1. The van der Waals surface area contributed by atoms with Gasteiger partial charge >= 0.3 is 12.0 Å². The molecule has 0 aromatic heterocycles. The van der Waals surface area contributed by atoms with Gasteiger partial charge in [-0.3, -0.25) is 9.69 Å². The van der Waals surface area contributed by atoms with Crippen molar-refractivity contribution in [2.75, 3.05) is 11.9 Å². The van der Waals surface area contributed by atoms with Crippen molar-refractivity contribution >= 4 is 23.6 Å². The summed E-state index contributed by atoms with van der Waals surface area (Å²) < 4.78 is 5.49. The van der Waals surface area contributed by atoms with Crippen molar-refractivity contribution in [1.82, 2.24) is 10.2 Å². The minimum Gasteiger partial charge on any atom is -0.459 e. The van der Waals surface area contributed by atoms with E-state index in [4.69, 9.17) is 4.74 Å². The van der Waals surface area contributed by atoms with Crippen molar-refractivity contribution < 1.29 is 19.1 Å². The molecule has 7 nitrogen and oxygen atoms in total. The number of nitrogens with zero attached hydrogens (tertiary/aromatic N) is 1. The number of carbonyl (C=O) groups excluding carboxylic acids is 3. The van der Waals surface area contributed by atoms with Gasteiger partial charge in [-0.1, -0.05) is 38.8 Å². The molecular weight excluding hydrogens is 394 g/mol. The van der Waals surface area contributed by atoms with Gasteiger partial charge in [0, 0.05) is 24.4 Å². The van der Waals surface area contributed by atoms with E-state index in [-0.39, 0.29) is 18.0 Å². The van der Waals surface area contributed by atoms with Crippen LogP contribution in [0.15, 0.2) is 35.5 Å². The van der Waals surface area contributed by atoms with Crippen LogP contribution < -0.4 is 10.6 Å². The SMILES string of the molecule is CCCCC(=O)Nc1cccc([C@@H]2NC(=O)N(CCCC)C(C)=C2C(=O)OC(C)C)c1. The highest BCUT2D eigenvalue weighted by atomic mass is 16.5. The van der Waals surface area contributed by atoms with E-state index in [9.17, 15) is 14.4 Å². The van der Waals surface area contributed by atoms with Crippen LogP contribution in [0.25, 0.3) is 0 Å². The summed E-state index contributed by atoms with van der Waals surface area (Å²) in [6, 6.07) is 6.35. The van der Waals surface area contributed by atoms with Crippen LogP contribution in [-0.2, 0) is 14.3 Å². The predicted octanol–water partition coefficient (Wildman–Crippen LogP) is 4.91. The van der Waals surface area contributed by atoms with Gasteiger partial charge in [-0.25, -0.2) is 9.59 Å². The third-order valence-electron chi connectivity index (χ3n) is 5.16. The molecule has 2 N–H and O–H groups in total. The number of anilines is 1. The maximum absolute atomic E-state index is 13.0. The molecule has 170 valence electrons. The van der Waals surface area contributed by atoms with Gasteiger partial charge in [-0.05, 0) is 51.3 Å². The number of unbranched alkanes of at least 4 members (excludes halogenated alkanes) is 2. The second-order valence-electron chi connectivity index (χ2n) is 8.12. The number of rotatable bonds is 10. The molecule has 31 heavy (non-hydrogen) atoms. The lowest BCUT2D eigenvalue weighted by Crippen LogP contribution is -2.48. The van der Waals surface area contributed by atoms with Crippen molar-refractivity contribution in [2.45, 2.75) is 78.9 Å². The molecule has 7 heteroatoms. The summed E-state index contributed by atoms with van der Waals surface area (Å²) in [5.41, 5.74) is 2.37. The number of allylic oxidation sites excluding steroid dienone is 1. The Labute approximate surface area is 185 Å². The van der Waals surface area contributed by atoms with Gasteiger partial charge in [0.15, 0.2) is 0 Å². The number of carbonyl (C=O) groups is 3. The lowest BCUT2D eigenvalue weighted by Gasteiger charge is -2.35. The fraction of sp³-hybridized carbons (Fsp3) is 0.542. The van der Waals surface area contributed by atoms with Gasteiger partial charge in [0.1, 0.15) is 0 Å². The topological polar surface area (TPSA) is 87.7 Å². The molecule has 1 atom stereocenters. The third-order valence-corrected chi connectivity index (χ3v) is 5.16. The average molecular weight is 430 g/mol. The Morgan fingerprint density at radius 3 is 2.55 bits per heavy atom. The summed E-state index contributed by atoms with van der Waals surface area (Å²) in [6.07, 6.45) is 3.72. The lowest BCUT2D eigenvalue weighted by atomic mass is 9.94. The molecule has 1 aliphatic rings. The second kappa shape index (κ2) is 11.5. The molecule has 1 aromatic rings. The third kappa shape index (κ3) is 6.57. The number of hydrogen-bond acceptors (Lipinski definition) is 4. The molecule has 3 amide bonds. The quantitative estimate of drug-likeness (QED) is 0.518. The first kappa shape index (κ1) is 24.4. The van der Waals surface area contributed by atoms with Crippen LogP contribution in [0.5, 0.6) is 0 Å². The summed E-state index contributed by atoms with van der Waals surface area (Å²) in [5, 5.41) is 5.85. The van der Waals surface area contributed by atoms with Crippen LogP contribution in [0.2, 0.25) is 0 Å². The minimum atomic E-state index is -0.649. The fourth-order valence-corrected chi connectivity index (χ4v) is 3.52. The fourth-order valence-electron chi connectivity index (χ4n) is 3.52. The van der Waals surface area contributed by atoms with E-state index in [1.807, 2.05) is 13.0 Å². The molecule has 0 saturated carbocycles. The molecule has 0 fully saturated rings. The van der Waals surface area contributed by atoms with Crippen LogP contribution >= 0.6 is 0 Å². The van der Waals surface area contributed by atoms with Gasteiger partial charge < -0.3 is 15.4 Å². The van der Waals surface area contributed by atoms with E-state index in [1.165, 1.54) is 0 Å². The van der Waals surface area contributed by atoms with Gasteiger partial charge in [-0.2, -0.15) is 0 Å². The van der Waals surface area contributed by atoms with E-state index in [2.05, 4.69) is 17.6 Å². The van der Waals surface area contributed by atoms with Crippen molar-refractivity contribution in [2.24, 2.45) is 0 Å². The normalized spacial score (nSPS) is 16.4. The number of benzene rings is 1. The van der Waals surface area contributed by atoms with E-state index in [1.54, 1.807) is 43.9 Å². The molecule has 0 spiro atoms. The summed E-state index contributed by atoms with van der Waals surface area (Å²) in [5.74, 6) is -0.500. The summed E-state index contributed by atoms with van der Waals surface area (Å²) in [4.78, 5) is 39.5. The van der Waals surface area contributed by atoms with Crippen molar-refractivity contribution in [3.63, 3.8) is 0 Å². The maximum Gasteiger partial charge on any atom is 0.338 e. The highest BCUT2D eigenvalue weighted by molar-refractivity contribution is 5.95. The molecule has 1 aliphatic heterocycles. The number of hydrogen-bond donors (Lipinski definition) is 2. The van der Waals surface area contributed by atoms with Crippen LogP contribution in [0.1, 0.15) is 78.3 Å². The Balaban J connectivity index is 2.39. The van der Waals surface area contributed by atoms with Gasteiger partial charge in [0.05, 0.1) is 17.7 Å². The molecule has 1 aromatic carbocycles. The van der Waals surface area contributed by atoms with Crippen molar-refractivity contribution in [1.29, 1.82) is 0 Å². The summed E-state index contributed by atoms with van der Waals surface area (Å²) in [7, 11) is 0. The first-order valence-electron chi connectivity index (χ1n) is 11.2. The first-order chi connectivity index (χ1) is 14.8. The predicted molar refractivity (Wildman–Crippen MR) is 121 cm³/mol. The number of esters is 1. The highest BCUT2D eigenvalue weighted by Crippen LogP contribution is 2.33. The van der Waals surface area contributed by atoms with E-state index in [0.717, 1.165) is 25.7 Å². The van der Waals surface area contributed by atoms with Crippen LogP contribution in [0.4, 0.5) is 10.5 Å². The molecule has 0 aliphatic carbocycles. The molecule has 0 saturated heterocycles. The molecule has 0 unspecified atom stereocenters. The van der Waals surface area contributed by atoms with E-state index < -0.39 is 12.0 Å². The van der Waals surface area contributed by atoms with Crippen molar-refractivity contribution in [3.8, 4) is 0 Å². The molecule has 0 bridgehead atoms. The van der Waals surface area contributed by atoms with E-state index in [0.29, 0.717) is 35.5 Å². The Morgan fingerprint density at radius 2 is 1.90 bits per heavy atom. The van der Waals surface area contributed by atoms with Crippen LogP contribution in [0, 0.1) is 0 Å². The first-order valence-corrected chi connectivity index (χ1v) is 11.2. The lowest BCUT2D eigenvalue weighted by molar-refractivity contribution is -0.143. The molecule has 2 rings (SSSR count). The largest absolute Gasteiger partial charge is 0.459 e. The van der Waals surface area contributed by atoms with Gasteiger partial charge in [0.2, 0.25) is 5.91 Å². The van der Waals surface area contributed by atoms with Crippen LogP contribution in [-0.4, -0.2) is 35.5 Å². The number of amides is 3. The Morgan fingerprint density at radius 1 is 1.19 bits per heavy atom. The zero-order valence-electron chi connectivity index (χ0n) is 19.3. The van der Waals surface area contributed by atoms with Gasteiger partial charge in [0.25, 0.3) is 0 Å². The van der Waals surface area contributed by atoms with Crippen LogP contribution in [0.3, 0.4) is 0 Å². The Hall–Kier alpha value is -2.83. The summed E-state index contributed by atoms with van der Waals surface area (Å²) >= 11 is 0. The zero-order valence-corrected chi connectivity index (χ0v) is 19.3. The maximum atomic E-state index is 13.0. The number of ether oxygens (including phenoxy) is 1. The molecular formula is C24H35N3O4. The minimum absolute atomic E-state index is 0.0522.